The van der Waals surface area contributed by atoms with Gasteiger partial charge in [0.25, 0.3) is 0 Å². The van der Waals surface area contributed by atoms with Crippen molar-refractivity contribution in [2.24, 2.45) is 5.92 Å². The van der Waals surface area contributed by atoms with E-state index >= 15 is 0 Å². The number of carbonyl (C=O) groups is 2. The molecule has 0 amide bonds. The van der Waals surface area contributed by atoms with Crippen molar-refractivity contribution >= 4 is 22.5 Å². The van der Waals surface area contributed by atoms with Gasteiger partial charge in [-0.15, -0.1) is 0 Å². The topological polar surface area (TPSA) is 101 Å². The summed E-state index contributed by atoms with van der Waals surface area (Å²) in [6.45, 7) is 5.83. The second-order valence-electron chi connectivity index (χ2n) is 9.00. The Morgan fingerprint density at radius 3 is 2.00 bits per heavy atom. The van der Waals surface area contributed by atoms with Crippen LogP contribution in [0.4, 0.5) is 0 Å². The van der Waals surface area contributed by atoms with Crippen molar-refractivity contribution in [1.82, 2.24) is 0 Å². The van der Waals surface area contributed by atoms with Crippen LogP contribution < -0.4 is 18.9 Å². The molecule has 0 aliphatic rings. The van der Waals surface area contributed by atoms with Gasteiger partial charge in [-0.2, -0.15) is 0 Å². The molecule has 0 unspecified atom stereocenters. The van der Waals surface area contributed by atoms with Gasteiger partial charge in [0.1, 0.15) is 5.75 Å². The molecule has 38 heavy (non-hydrogen) atoms. The number of hydrogen-bond donors (Lipinski definition) is 1. The maximum absolute atomic E-state index is 13.8. The summed E-state index contributed by atoms with van der Waals surface area (Å²) in [5.41, 5.74) is 1.51. The van der Waals surface area contributed by atoms with Crippen LogP contribution in [-0.4, -0.2) is 52.4 Å². The second-order valence-corrected chi connectivity index (χ2v) is 9.00. The number of esters is 1. The van der Waals surface area contributed by atoms with Crippen LogP contribution in [0.15, 0.2) is 24.3 Å². The molecule has 3 aromatic carbocycles. The molecular formula is C30H36O8. The Balaban J connectivity index is 2.61. The molecule has 0 aliphatic carbocycles. The van der Waals surface area contributed by atoms with Gasteiger partial charge in [-0.1, -0.05) is 32.8 Å². The summed E-state index contributed by atoms with van der Waals surface area (Å²) in [7, 11) is 7.31. The number of aromatic hydroxyl groups is 1. The number of methoxy groups -OCH3 is 5. The number of benzene rings is 3. The molecule has 0 radical (unpaired) electrons. The van der Waals surface area contributed by atoms with Crippen molar-refractivity contribution in [3.63, 3.8) is 0 Å². The van der Waals surface area contributed by atoms with E-state index in [0.29, 0.717) is 50.5 Å². The Morgan fingerprint density at radius 2 is 1.47 bits per heavy atom. The monoisotopic (exact) mass is 524 g/mol. The van der Waals surface area contributed by atoms with Gasteiger partial charge in [0.15, 0.2) is 28.8 Å². The smallest absolute Gasteiger partial charge is 0.339 e. The fraction of sp³-hybridized carbons (Fsp3) is 0.400. The zero-order valence-electron chi connectivity index (χ0n) is 23.3. The van der Waals surface area contributed by atoms with Crippen LogP contribution in [0.25, 0.3) is 21.9 Å². The highest BCUT2D eigenvalue weighted by Crippen LogP contribution is 2.49. The van der Waals surface area contributed by atoms with Crippen LogP contribution in [-0.2, 0) is 4.74 Å². The van der Waals surface area contributed by atoms with Gasteiger partial charge in [-0.25, -0.2) is 4.79 Å². The molecule has 0 aliphatic heterocycles. The summed E-state index contributed by atoms with van der Waals surface area (Å²) < 4.78 is 27.3. The normalized spacial score (nSPS) is 11.0. The maximum Gasteiger partial charge on any atom is 0.339 e. The lowest BCUT2D eigenvalue weighted by molar-refractivity contribution is 0.0597. The third kappa shape index (κ3) is 4.95. The molecule has 0 bridgehead atoms. The third-order valence-corrected chi connectivity index (χ3v) is 7.12. The molecule has 204 valence electrons. The van der Waals surface area contributed by atoms with Crippen LogP contribution in [0.1, 0.15) is 59.4 Å². The highest BCUT2D eigenvalue weighted by Gasteiger charge is 2.32. The average Bonchev–Trinajstić information content (AvgIpc) is 2.94. The van der Waals surface area contributed by atoms with Crippen molar-refractivity contribution in [3.05, 3.63) is 41.0 Å². The molecule has 0 aromatic heterocycles. The molecule has 8 heteroatoms. The standard InChI is InChI=1S/C30H36O8/c1-9-17(10-2)13-20(31)26-27(30(33)38-8)25(18-11-12-21(34-4)22(14-18)35-5)24-16(3)29(37-7)23(36-6)15-19(24)28(26)32/h11-12,14-15,17,32H,9-10,13H2,1-8H3. The van der Waals surface area contributed by atoms with E-state index in [9.17, 15) is 14.7 Å². The fourth-order valence-corrected chi connectivity index (χ4v) is 4.99. The zero-order valence-corrected chi connectivity index (χ0v) is 23.3. The van der Waals surface area contributed by atoms with Gasteiger partial charge in [0.2, 0.25) is 0 Å². The summed E-state index contributed by atoms with van der Waals surface area (Å²) in [6.07, 6.45) is 1.75. The minimum Gasteiger partial charge on any atom is -0.507 e. The van der Waals surface area contributed by atoms with E-state index in [1.165, 1.54) is 35.5 Å². The number of hydrogen-bond acceptors (Lipinski definition) is 8. The van der Waals surface area contributed by atoms with Gasteiger partial charge < -0.3 is 28.8 Å². The molecule has 0 saturated heterocycles. The number of aryl methyl sites for hydroxylation is 1. The van der Waals surface area contributed by atoms with Gasteiger partial charge >= 0.3 is 5.97 Å². The van der Waals surface area contributed by atoms with Gasteiger partial charge in [0.05, 0.1) is 46.7 Å². The third-order valence-electron chi connectivity index (χ3n) is 7.12. The first-order valence-electron chi connectivity index (χ1n) is 12.5. The maximum atomic E-state index is 13.8. The van der Waals surface area contributed by atoms with E-state index in [-0.39, 0.29) is 35.0 Å². The predicted octanol–water partition coefficient (Wildman–Crippen LogP) is 6.35. The lowest BCUT2D eigenvalue weighted by Gasteiger charge is -2.23. The Morgan fingerprint density at radius 1 is 0.842 bits per heavy atom. The van der Waals surface area contributed by atoms with Crippen molar-refractivity contribution in [2.45, 2.75) is 40.0 Å². The first-order valence-corrected chi connectivity index (χ1v) is 12.5. The van der Waals surface area contributed by atoms with Crippen LogP contribution in [0.5, 0.6) is 28.7 Å². The fourth-order valence-electron chi connectivity index (χ4n) is 4.99. The minimum absolute atomic E-state index is 0.0176. The van der Waals surface area contributed by atoms with E-state index in [1.54, 1.807) is 31.2 Å². The summed E-state index contributed by atoms with van der Waals surface area (Å²) >= 11 is 0. The number of carbonyl (C=O) groups excluding carboxylic acids is 2. The van der Waals surface area contributed by atoms with Crippen molar-refractivity contribution < 1.29 is 38.4 Å². The molecule has 0 saturated carbocycles. The predicted molar refractivity (Wildman–Crippen MR) is 146 cm³/mol. The number of phenolic OH excluding ortho intramolecular Hbond substituents is 1. The van der Waals surface area contributed by atoms with E-state index in [2.05, 4.69) is 0 Å². The lowest BCUT2D eigenvalue weighted by atomic mass is 9.83. The SMILES string of the molecule is CCC(CC)CC(=O)c1c(C(=O)OC)c(-c2ccc(OC)c(OC)c2)c2c(C)c(OC)c(OC)cc2c1O. The lowest BCUT2D eigenvalue weighted by Crippen LogP contribution is -2.16. The van der Waals surface area contributed by atoms with E-state index in [0.717, 1.165) is 12.8 Å². The number of ketones is 1. The van der Waals surface area contributed by atoms with Gasteiger partial charge in [-0.3, -0.25) is 4.79 Å². The molecule has 0 spiro atoms. The van der Waals surface area contributed by atoms with Crippen LogP contribution >= 0.6 is 0 Å². The summed E-state index contributed by atoms with van der Waals surface area (Å²) in [5, 5.41) is 12.5. The Hall–Kier alpha value is -3.94. The highest BCUT2D eigenvalue weighted by molar-refractivity contribution is 6.21. The molecular weight excluding hydrogens is 488 g/mol. The molecule has 3 aromatic rings. The molecule has 0 fully saturated rings. The second kappa shape index (κ2) is 12.1. The van der Waals surface area contributed by atoms with Crippen LogP contribution in [0.2, 0.25) is 0 Å². The number of Topliss-reactive ketones (excluding diaryl/α,β-unsaturated/α-hetero) is 1. The Kier molecular flexibility index (Phi) is 9.09. The molecule has 1 N–H and O–H groups in total. The first kappa shape index (κ1) is 28.6. The quantitative estimate of drug-likeness (QED) is 0.229. The molecule has 3 rings (SSSR count). The van der Waals surface area contributed by atoms with E-state index < -0.39 is 5.97 Å². The average molecular weight is 525 g/mol. The number of fused-ring (bicyclic) bond motifs is 1. The Labute approximate surface area is 223 Å². The highest BCUT2D eigenvalue weighted by atomic mass is 16.5. The number of rotatable bonds is 11. The minimum atomic E-state index is -0.742. The summed E-state index contributed by atoms with van der Waals surface area (Å²) in [5.74, 6) is 0.472. The number of phenols is 1. The van der Waals surface area contributed by atoms with Crippen LogP contribution in [0.3, 0.4) is 0 Å². The number of ether oxygens (including phenoxy) is 5. The molecule has 8 nitrogen and oxygen atoms in total. The molecule has 0 atom stereocenters. The first-order chi connectivity index (χ1) is 18.2. The Bertz CT molecular complexity index is 1350. The summed E-state index contributed by atoms with van der Waals surface area (Å²) in [4.78, 5) is 27.2. The van der Waals surface area contributed by atoms with Crippen LogP contribution in [0, 0.1) is 12.8 Å². The van der Waals surface area contributed by atoms with Crippen molar-refractivity contribution in [2.75, 3.05) is 35.5 Å². The van der Waals surface area contributed by atoms with E-state index in [4.69, 9.17) is 23.7 Å². The largest absolute Gasteiger partial charge is 0.507 e. The zero-order chi connectivity index (χ0) is 28.1. The van der Waals surface area contributed by atoms with Crippen molar-refractivity contribution in [1.29, 1.82) is 0 Å². The summed E-state index contributed by atoms with van der Waals surface area (Å²) in [6, 6.07) is 6.83. The van der Waals surface area contributed by atoms with E-state index in [1.807, 2.05) is 13.8 Å². The van der Waals surface area contributed by atoms with Gasteiger partial charge in [0, 0.05) is 28.3 Å². The van der Waals surface area contributed by atoms with Gasteiger partial charge in [-0.05, 0) is 36.6 Å². The van der Waals surface area contributed by atoms with Crippen molar-refractivity contribution in [3.8, 4) is 39.9 Å². The molecule has 0 heterocycles.